The van der Waals surface area contributed by atoms with Crippen LogP contribution in [0.4, 0.5) is 5.69 Å². The average Bonchev–Trinajstić information content (AvgIpc) is 2.38. The molecule has 0 heterocycles. The molecule has 0 N–H and O–H groups in total. The molecule has 18 heavy (non-hydrogen) atoms. The number of hydrogen-bond acceptors (Lipinski definition) is 1. The van der Waals surface area contributed by atoms with Gasteiger partial charge in [-0.25, -0.2) is 0 Å². The van der Waals surface area contributed by atoms with Crippen molar-refractivity contribution < 1.29 is 4.79 Å². The third-order valence-corrected chi connectivity index (χ3v) is 3.57. The molecule has 0 fully saturated rings. The predicted octanol–water partition coefficient (Wildman–Crippen LogP) is 4.38. The summed E-state index contributed by atoms with van der Waals surface area (Å²) in [5.74, 6) is -0.0650. The molecule has 0 saturated carbocycles. The third kappa shape index (κ3) is 2.74. The Morgan fingerprint density at radius 3 is 2.33 bits per heavy atom. The fraction of sp³-hybridized carbons (Fsp3) is 0.0714. The van der Waals surface area contributed by atoms with Crippen LogP contribution in [0.15, 0.2) is 53.0 Å². The molecule has 0 spiro atoms. The number of nitrogens with zero attached hydrogens (tertiary/aromatic N) is 1. The number of hydrogen-bond donors (Lipinski definition) is 0. The molecule has 0 atom stereocenters. The van der Waals surface area contributed by atoms with Gasteiger partial charge in [-0.15, -0.1) is 0 Å². The monoisotopic (exact) mass is 323 g/mol. The van der Waals surface area contributed by atoms with Crippen LogP contribution in [0.2, 0.25) is 5.02 Å². The standard InChI is InChI=1S/C14H11BrClNO/c1-17(11-8-6-10(16)7-9-11)14(18)12-4-2-3-5-13(12)15/h2-9H,1H3. The summed E-state index contributed by atoms with van der Waals surface area (Å²) in [5.41, 5.74) is 1.44. The van der Waals surface area contributed by atoms with Crippen molar-refractivity contribution >= 4 is 39.1 Å². The Bertz CT molecular complexity index is 568. The summed E-state index contributed by atoms with van der Waals surface area (Å²) in [6.07, 6.45) is 0. The van der Waals surface area contributed by atoms with E-state index in [1.807, 2.05) is 30.3 Å². The smallest absolute Gasteiger partial charge is 0.259 e. The van der Waals surface area contributed by atoms with Crippen molar-refractivity contribution in [2.75, 3.05) is 11.9 Å². The maximum Gasteiger partial charge on any atom is 0.259 e. The first-order chi connectivity index (χ1) is 8.59. The quantitative estimate of drug-likeness (QED) is 0.803. The van der Waals surface area contributed by atoms with E-state index in [2.05, 4.69) is 15.9 Å². The third-order valence-electron chi connectivity index (χ3n) is 2.62. The maximum absolute atomic E-state index is 12.3. The van der Waals surface area contributed by atoms with Crippen molar-refractivity contribution in [3.8, 4) is 0 Å². The van der Waals surface area contributed by atoms with Gasteiger partial charge in [-0.1, -0.05) is 23.7 Å². The molecule has 0 saturated heterocycles. The minimum atomic E-state index is -0.0650. The van der Waals surface area contributed by atoms with Gasteiger partial charge in [-0.2, -0.15) is 0 Å². The molecule has 0 aliphatic carbocycles. The second-order valence-corrected chi connectivity index (χ2v) is 5.11. The normalized spacial score (nSPS) is 10.2. The lowest BCUT2D eigenvalue weighted by molar-refractivity contribution is 0.0992. The van der Waals surface area contributed by atoms with Gasteiger partial charge in [0.25, 0.3) is 5.91 Å². The van der Waals surface area contributed by atoms with E-state index >= 15 is 0 Å². The van der Waals surface area contributed by atoms with Crippen molar-refractivity contribution in [3.63, 3.8) is 0 Å². The van der Waals surface area contributed by atoms with Crippen LogP contribution in [-0.4, -0.2) is 13.0 Å². The molecule has 1 amide bonds. The van der Waals surface area contributed by atoms with Crippen LogP contribution >= 0.6 is 27.5 Å². The van der Waals surface area contributed by atoms with Crippen molar-refractivity contribution in [1.29, 1.82) is 0 Å². The van der Waals surface area contributed by atoms with E-state index < -0.39 is 0 Å². The topological polar surface area (TPSA) is 20.3 Å². The Kier molecular flexibility index (Phi) is 4.04. The predicted molar refractivity (Wildman–Crippen MR) is 78.3 cm³/mol. The molecular formula is C14H11BrClNO. The van der Waals surface area contributed by atoms with Crippen molar-refractivity contribution in [3.05, 3.63) is 63.6 Å². The number of anilines is 1. The molecule has 2 aromatic rings. The molecule has 0 aliphatic rings. The van der Waals surface area contributed by atoms with Crippen LogP contribution in [-0.2, 0) is 0 Å². The van der Waals surface area contributed by atoms with Gasteiger partial charge in [-0.05, 0) is 52.3 Å². The van der Waals surface area contributed by atoms with E-state index in [1.165, 1.54) is 0 Å². The lowest BCUT2D eigenvalue weighted by atomic mass is 10.2. The van der Waals surface area contributed by atoms with Crippen LogP contribution in [0, 0.1) is 0 Å². The van der Waals surface area contributed by atoms with E-state index in [-0.39, 0.29) is 5.91 Å². The molecule has 4 heteroatoms. The Balaban J connectivity index is 2.29. The number of rotatable bonds is 2. The summed E-state index contributed by atoms with van der Waals surface area (Å²) in [4.78, 5) is 13.9. The zero-order valence-electron chi connectivity index (χ0n) is 9.73. The highest BCUT2D eigenvalue weighted by Crippen LogP contribution is 2.22. The maximum atomic E-state index is 12.3. The van der Waals surface area contributed by atoms with Crippen molar-refractivity contribution in [1.82, 2.24) is 0 Å². The number of carbonyl (C=O) groups is 1. The molecule has 0 radical (unpaired) electrons. The Morgan fingerprint density at radius 2 is 1.72 bits per heavy atom. The van der Waals surface area contributed by atoms with Crippen molar-refractivity contribution in [2.45, 2.75) is 0 Å². The Labute approximate surface area is 119 Å². The number of amides is 1. The molecule has 2 rings (SSSR count). The molecule has 92 valence electrons. The number of halogens is 2. The summed E-state index contributed by atoms with van der Waals surface area (Å²) in [6.45, 7) is 0. The molecule has 0 aliphatic heterocycles. The van der Waals surface area contributed by atoms with Crippen LogP contribution in [0.5, 0.6) is 0 Å². The van der Waals surface area contributed by atoms with Crippen LogP contribution in [0.25, 0.3) is 0 Å². The van der Waals surface area contributed by atoms with Gasteiger partial charge in [-0.3, -0.25) is 4.79 Å². The van der Waals surface area contributed by atoms with Gasteiger partial charge in [0.05, 0.1) is 5.56 Å². The molecule has 2 aromatic carbocycles. The lowest BCUT2D eigenvalue weighted by Crippen LogP contribution is -2.26. The van der Waals surface area contributed by atoms with E-state index in [0.717, 1.165) is 10.2 Å². The van der Waals surface area contributed by atoms with Gasteiger partial charge < -0.3 is 4.90 Å². The molecular weight excluding hydrogens is 314 g/mol. The Morgan fingerprint density at radius 1 is 1.11 bits per heavy atom. The average molecular weight is 325 g/mol. The second kappa shape index (κ2) is 5.55. The Hall–Kier alpha value is -1.32. The highest BCUT2D eigenvalue weighted by atomic mass is 79.9. The molecule has 2 nitrogen and oxygen atoms in total. The van der Waals surface area contributed by atoms with Crippen LogP contribution in [0.3, 0.4) is 0 Å². The van der Waals surface area contributed by atoms with Crippen LogP contribution < -0.4 is 4.90 Å². The van der Waals surface area contributed by atoms with Gasteiger partial charge in [0.1, 0.15) is 0 Å². The minimum absolute atomic E-state index is 0.0650. The zero-order valence-corrected chi connectivity index (χ0v) is 12.1. The van der Waals surface area contributed by atoms with E-state index in [1.54, 1.807) is 30.1 Å². The van der Waals surface area contributed by atoms with Crippen LogP contribution in [0.1, 0.15) is 10.4 Å². The van der Waals surface area contributed by atoms with Gasteiger partial charge in [0.2, 0.25) is 0 Å². The summed E-state index contributed by atoms with van der Waals surface area (Å²) in [5, 5.41) is 0.653. The van der Waals surface area contributed by atoms with E-state index in [9.17, 15) is 4.79 Å². The second-order valence-electron chi connectivity index (χ2n) is 3.82. The van der Waals surface area contributed by atoms with E-state index in [0.29, 0.717) is 10.6 Å². The summed E-state index contributed by atoms with van der Waals surface area (Å²) in [7, 11) is 1.74. The highest BCUT2D eigenvalue weighted by Gasteiger charge is 2.15. The molecule has 0 bridgehead atoms. The highest BCUT2D eigenvalue weighted by molar-refractivity contribution is 9.10. The number of carbonyl (C=O) groups excluding carboxylic acids is 1. The molecule has 0 aromatic heterocycles. The van der Waals surface area contributed by atoms with Gasteiger partial charge in [0.15, 0.2) is 0 Å². The minimum Gasteiger partial charge on any atom is -0.311 e. The first-order valence-corrected chi connectivity index (χ1v) is 6.55. The first-order valence-electron chi connectivity index (χ1n) is 5.38. The summed E-state index contributed by atoms with van der Waals surface area (Å²) < 4.78 is 0.788. The SMILES string of the molecule is CN(C(=O)c1ccccc1Br)c1ccc(Cl)cc1. The summed E-state index contributed by atoms with van der Waals surface area (Å²) in [6, 6.07) is 14.5. The van der Waals surface area contributed by atoms with Gasteiger partial charge >= 0.3 is 0 Å². The lowest BCUT2D eigenvalue weighted by Gasteiger charge is -2.18. The largest absolute Gasteiger partial charge is 0.311 e. The molecule has 0 unspecified atom stereocenters. The fourth-order valence-electron chi connectivity index (χ4n) is 1.60. The zero-order chi connectivity index (χ0) is 13.1. The summed E-state index contributed by atoms with van der Waals surface area (Å²) >= 11 is 9.21. The van der Waals surface area contributed by atoms with Crippen molar-refractivity contribution in [2.24, 2.45) is 0 Å². The number of benzene rings is 2. The first kappa shape index (κ1) is 13.1. The van der Waals surface area contributed by atoms with E-state index in [4.69, 9.17) is 11.6 Å². The van der Waals surface area contributed by atoms with Gasteiger partial charge in [0, 0.05) is 22.2 Å². The fourth-order valence-corrected chi connectivity index (χ4v) is 2.18.